The number of carbonyl (C=O) groups is 1. The van der Waals surface area contributed by atoms with Gasteiger partial charge in [-0.2, -0.15) is 13.2 Å². The number of ether oxygens (including phenoxy) is 2. The molecule has 0 spiro atoms. The van der Waals surface area contributed by atoms with E-state index in [1.165, 1.54) is 19.2 Å². The topological polar surface area (TPSA) is 35.5 Å². The molecule has 0 saturated carbocycles. The standard InChI is InChI=1S/C24H20ClF3O3S/c1-15-11-22(20(25)12-21(15)31-13-23(29)30-2)32-14-16-3-5-17(6-4-16)18-7-9-19(10-8-18)24(26,27)28/h3-12H,13-14H2,1-2H3. The molecule has 3 aromatic carbocycles. The molecule has 0 bridgehead atoms. The minimum absolute atomic E-state index is 0.189. The van der Waals surface area contributed by atoms with E-state index in [-0.39, 0.29) is 6.61 Å². The zero-order valence-corrected chi connectivity index (χ0v) is 18.9. The third-order valence-corrected chi connectivity index (χ3v) is 6.25. The largest absolute Gasteiger partial charge is 0.482 e. The third-order valence-electron chi connectivity index (χ3n) is 4.70. The van der Waals surface area contributed by atoms with Gasteiger partial charge in [0.1, 0.15) is 5.75 Å². The zero-order chi connectivity index (χ0) is 23.3. The van der Waals surface area contributed by atoms with Crippen LogP contribution in [-0.4, -0.2) is 19.7 Å². The summed E-state index contributed by atoms with van der Waals surface area (Å²) in [6.45, 7) is 1.68. The maximum absolute atomic E-state index is 12.7. The molecular formula is C24H20ClF3O3S. The van der Waals surface area contributed by atoms with Crippen LogP contribution in [-0.2, 0) is 21.5 Å². The minimum Gasteiger partial charge on any atom is -0.482 e. The first-order valence-corrected chi connectivity index (χ1v) is 10.9. The Morgan fingerprint density at radius 1 is 1.00 bits per heavy atom. The number of benzene rings is 3. The second kappa shape index (κ2) is 10.3. The molecule has 0 fully saturated rings. The van der Waals surface area contributed by atoms with Gasteiger partial charge in [0.05, 0.1) is 17.7 Å². The van der Waals surface area contributed by atoms with Crippen LogP contribution in [0.1, 0.15) is 16.7 Å². The van der Waals surface area contributed by atoms with Gasteiger partial charge in [-0.25, -0.2) is 4.79 Å². The van der Waals surface area contributed by atoms with Crippen molar-refractivity contribution in [3.63, 3.8) is 0 Å². The summed E-state index contributed by atoms with van der Waals surface area (Å²) in [7, 11) is 1.29. The highest BCUT2D eigenvalue weighted by atomic mass is 35.5. The van der Waals surface area contributed by atoms with E-state index in [1.807, 2.05) is 37.3 Å². The molecule has 3 rings (SSSR count). The van der Waals surface area contributed by atoms with Gasteiger partial charge in [0, 0.05) is 16.7 Å². The second-order valence-electron chi connectivity index (χ2n) is 6.97. The van der Waals surface area contributed by atoms with E-state index in [0.29, 0.717) is 16.5 Å². The zero-order valence-electron chi connectivity index (χ0n) is 17.3. The van der Waals surface area contributed by atoms with Crippen LogP contribution < -0.4 is 4.74 Å². The van der Waals surface area contributed by atoms with Crippen molar-refractivity contribution >= 4 is 29.3 Å². The Kier molecular flexibility index (Phi) is 7.74. The number of rotatable bonds is 7. The molecule has 8 heteroatoms. The Balaban J connectivity index is 1.64. The Labute approximate surface area is 193 Å². The number of esters is 1. The average molecular weight is 481 g/mol. The lowest BCUT2D eigenvalue weighted by Gasteiger charge is -2.12. The number of thioether (sulfide) groups is 1. The van der Waals surface area contributed by atoms with Crippen LogP contribution >= 0.6 is 23.4 Å². The van der Waals surface area contributed by atoms with Gasteiger partial charge in [-0.1, -0.05) is 48.0 Å². The van der Waals surface area contributed by atoms with Crippen molar-refractivity contribution in [2.45, 2.75) is 23.7 Å². The van der Waals surface area contributed by atoms with Crippen LogP contribution in [0.2, 0.25) is 5.02 Å². The summed E-state index contributed by atoms with van der Waals surface area (Å²) in [5.74, 6) is 0.707. The van der Waals surface area contributed by atoms with E-state index in [1.54, 1.807) is 17.8 Å². The van der Waals surface area contributed by atoms with Gasteiger partial charge in [0.15, 0.2) is 6.61 Å². The molecule has 0 heterocycles. The van der Waals surface area contributed by atoms with Crippen LogP contribution in [0.15, 0.2) is 65.6 Å². The van der Waals surface area contributed by atoms with Crippen molar-refractivity contribution in [2.24, 2.45) is 0 Å². The lowest BCUT2D eigenvalue weighted by atomic mass is 10.0. The number of hydrogen-bond donors (Lipinski definition) is 0. The average Bonchev–Trinajstić information content (AvgIpc) is 2.78. The highest BCUT2D eigenvalue weighted by Crippen LogP contribution is 2.35. The maximum atomic E-state index is 12.7. The quantitative estimate of drug-likeness (QED) is 0.265. The monoisotopic (exact) mass is 480 g/mol. The number of alkyl halides is 3. The summed E-state index contributed by atoms with van der Waals surface area (Å²) in [4.78, 5) is 12.1. The summed E-state index contributed by atoms with van der Waals surface area (Å²) in [6.07, 6.45) is -4.34. The normalized spacial score (nSPS) is 11.3. The van der Waals surface area contributed by atoms with Crippen molar-refractivity contribution in [1.82, 2.24) is 0 Å². The first kappa shape index (κ1) is 24.0. The van der Waals surface area contributed by atoms with Crippen LogP contribution in [0.25, 0.3) is 11.1 Å². The van der Waals surface area contributed by atoms with Gasteiger partial charge < -0.3 is 9.47 Å². The van der Waals surface area contributed by atoms with Crippen molar-refractivity contribution in [3.05, 3.63) is 82.4 Å². The third kappa shape index (κ3) is 6.20. The van der Waals surface area contributed by atoms with Crippen molar-refractivity contribution in [2.75, 3.05) is 13.7 Å². The number of methoxy groups -OCH3 is 1. The van der Waals surface area contributed by atoms with Gasteiger partial charge in [0.2, 0.25) is 0 Å². The van der Waals surface area contributed by atoms with Gasteiger partial charge in [-0.3, -0.25) is 0 Å². The Morgan fingerprint density at radius 2 is 1.59 bits per heavy atom. The molecule has 0 amide bonds. The molecule has 0 atom stereocenters. The maximum Gasteiger partial charge on any atom is 0.416 e. The van der Waals surface area contributed by atoms with E-state index >= 15 is 0 Å². The summed E-state index contributed by atoms with van der Waals surface area (Å²) in [6, 6.07) is 16.3. The fraction of sp³-hybridized carbons (Fsp3) is 0.208. The molecule has 0 aliphatic heterocycles. The summed E-state index contributed by atoms with van der Waals surface area (Å²) in [5, 5.41) is 0.516. The van der Waals surface area contributed by atoms with Gasteiger partial charge in [-0.05, 0) is 47.4 Å². The first-order chi connectivity index (χ1) is 15.2. The summed E-state index contributed by atoms with van der Waals surface area (Å²) < 4.78 is 48.2. The van der Waals surface area contributed by atoms with E-state index in [9.17, 15) is 18.0 Å². The highest BCUT2D eigenvalue weighted by Gasteiger charge is 2.29. The summed E-state index contributed by atoms with van der Waals surface area (Å²) in [5.41, 5.74) is 2.79. The summed E-state index contributed by atoms with van der Waals surface area (Å²) >= 11 is 7.92. The number of halogens is 4. The molecule has 0 N–H and O–H groups in total. The Hall–Kier alpha value is -2.64. The molecule has 3 nitrogen and oxygen atoms in total. The predicted octanol–water partition coefficient (Wildman–Crippen LogP) is 7.18. The Bertz CT molecular complexity index is 1080. The fourth-order valence-electron chi connectivity index (χ4n) is 2.90. The molecule has 0 aliphatic rings. The number of carbonyl (C=O) groups excluding carboxylic acids is 1. The number of hydrogen-bond acceptors (Lipinski definition) is 4. The fourth-order valence-corrected chi connectivity index (χ4v) is 4.19. The van der Waals surface area contributed by atoms with Crippen molar-refractivity contribution in [3.8, 4) is 16.9 Å². The molecule has 3 aromatic rings. The van der Waals surface area contributed by atoms with Crippen molar-refractivity contribution in [1.29, 1.82) is 0 Å². The van der Waals surface area contributed by atoms with Crippen molar-refractivity contribution < 1.29 is 27.4 Å². The molecule has 0 aromatic heterocycles. The van der Waals surface area contributed by atoms with Gasteiger partial charge in [-0.15, -0.1) is 11.8 Å². The lowest BCUT2D eigenvalue weighted by molar-refractivity contribution is -0.143. The smallest absolute Gasteiger partial charge is 0.416 e. The molecule has 0 radical (unpaired) electrons. The molecule has 0 saturated heterocycles. The SMILES string of the molecule is COC(=O)COc1cc(Cl)c(SCc2ccc(-c3ccc(C(F)(F)F)cc3)cc2)cc1C. The van der Waals surface area contributed by atoms with E-state index < -0.39 is 17.7 Å². The lowest BCUT2D eigenvalue weighted by Crippen LogP contribution is -2.13. The number of aryl methyl sites for hydroxylation is 1. The van der Waals surface area contributed by atoms with Crippen LogP contribution in [0.4, 0.5) is 13.2 Å². The molecule has 0 aliphatic carbocycles. The predicted molar refractivity (Wildman–Crippen MR) is 120 cm³/mol. The molecule has 0 unspecified atom stereocenters. The van der Waals surface area contributed by atoms with E-state index in [0.717, 1.165) is 39.3 Å². The van der Waals surface area contributed by atoms with Crippen LogP contribution in [0.3, 0.4) is 0 Å². The van der Waals surface area contributed by atoms with Gasteiger partial charge in [0.25, 0.3) is 0 Å². The first-order valence-electron chi connectivity index (χ1n) is 9.56. The second-order valence-corrected chi connectivity index (χ2v) is 8.40. The minimum atomic E-state index is -4.34. The Morgan fingerprint density at radius 3 is 2.16 bits per heavy atom. The molecule has 168 valence electrons. The highest BCUT2D eigenvalue weighted by molar-refractivity contribution is 7.98. The molecule has 32 heavy (non-hydrogen) atoms. The van der Waals surface area contributed by atoms with E-state index in [4.69, 9.17) is 16.3 Å². The van der Waals surface area contributed by atoms with Crippen LogP contribution in [0, 0.1) is 6.92 Å². The molecular weight excluding hydrogens is 461 g/mol. The van der Waals surface area contributed by atoms with E-state index in [2.05, 4.69) is 4.74 Å². The van der Waals surface area contributed by atoms with Crippen LogP contribution in [0.5, 0.6) is 5.75 Å². The van der Waals surface area contributed by atoms with Gasteiger partial charge >= 0.3 is 12.1 Å².